The van der Waals surface area contributed by atoms with E-state index in [2.05, 4.69) is 30.7 Å². The maximum Gasteiger partial charge on any atom is 0.389 e. The van der Waals surface area contributed by atoms with Crippen molar-refractivity contribution < 1.29 is 78.1 Å². The SMILES string of the molecule is CCOC(=O)C(Cl)Cc1cc(-n2nc(C)n(C(F)F)c2=O)c(F)cc1Cl.COc1nc(C)nc(NC(=O)NS(=O)(=O)c2ccccc2CCC(F)(F)F)n1.O=C(O)CNCP(=O)(O)O. The Morgan fingerprint density at radius 2 is 1.69 bits per heavy atom. The zero-order chi connectivity index (χ0) is 48.7. The van der Waals surface area contributed by atoms with Gasteiger partial charge >= 0.3 is 50.0 Å². The molecule has 2 aromatic heterocycles. The summed E-state index contributed by atoms with van der Waals surface area (Å²) in [6.45, 7) is 0.866. The molecular weight excluding hydrogens is 962 g/mol. The Labute approximate surface area is 368 Å². The molecular formula is C33H38Cl2F6N9O12PS. The molecule has 0 aliphatic rings. The summed E-state index contributed by atoms with van der Waals surface area (Å²) in [6, 6.07) is 5.84. The van der Waals surface area contributed by atoms with E-state index in [4.69, 9.17) is 47.6 Å². The van der Waals surface area contributed by atoms with Crippen LogP contribution >= 0.6 is 30.8 Å². The molecule has 0 radical (unpaired) electrons. The molecule has 64 heavy (non-hydrogen) atoms. The number of rotatable bonds is 16. The second-order valence-electron chi connectivity index (χ2n) is 12.3. The van der Waals surface area contributed by atoms with Crippen molar-refractivity contribution in [3.05, 3.63) is 80.5 Å². The molecule has 6 N–H and O–H groups in total. The molecule has 4 aromatic rings. The summed E-state index contributed by atoms with van der Waals surface area (Å²) < 4.78 is 124. The summed E-state index contributed by atoms with van der Waals surface area (Å²) in [7, 11) is -7.24. The number of nitrogens with one attached hydrogen (secondary N) is 3. The third-order valence-electron chi connectivity index (χ3n) is 7.36. The molecule has 0 saturated carbocycles. The number of carbonyl (C=O) groups excluding carboxylic acids is 2. The van der Waals surface area contributed by atoms with Crippen LogP contribution in [-0.4, -0.2) is 109 Å². The third-order valence-corrected chi connectivity index (χ3v) is 10.1. The standard InChI is InChI=1S/C15H14Cl2F3N3O3.C15H16F3N5O4S.C3H8NO5P/c1-3-26-13(24)10(17)4-8-5-12(11(18)6-9(8)16)23-15(25)22(14(19)20)7(2)21-23;1-9-19-12(22-14(20-9)27-2)21-13(24)23-28(25,26)11-6-4-3-5-10(11)7-8-15(16,17)18;5-3(6)1-4-2-10(7,8)9/h5-6,10,14H,3-4H2,1-2H3;3-6H,7-8H2,1-2H3,(H2,19,20,21,22,23,24);4H,1-2H2,(H,5,6)(H2,7,8,9). The molecule has 4 rings (SSSR count). The van der Waals surface area contributed by atoms with E-state index in [1.54, 1.807) is 11.6 Å². The second-order valence-corrected chi connectivity index (χ2v) is 16.6. The summed E-state index contributed by atoms with van der Waals surface area (Å²) in [5.41, 5.74) is -1.44. The van der Waals surface area contributed by atoms with Gasteiger partial charge in [0.25, 0.3) is 10.0 Å². The smallest absolute Gasteiger partial charge is 0.389 e. The predicted molar refractivity (Wildman–Crippen MR) is 213 cm³/mol. The molecule has 0 aliphatic carbocycles. The van der Waals surface area contributed by atoms with Gasteiger partial charge in [-0.2, -0.15) is 41.6 Å². The van der Waals surface area contributed by atoms with Crippen molar-refractivity contribution >= 4 is 64.7 Å². The van der Waals surface area contributed by atoms with Gasteiger partial charge in [-0.15, -0.1) is 16.7 Å². The number of sulfonamides is 1. The van der Waals surface area contributed by atoms with Crippen LogP contribution in [0.3, 0.4) is 0 Å². The molecule has 0 aliphatic heterocycles. The summed E-state index contributed by atoms with van der Waals surface area (Å²) in [4.78, 5) is 72.8. The highest BCUT2D eigenvalue weighted by Gasteiger charge is 2.29. The monoisotopic (exact) mass is 999 g/mol. The maximum absolute atomic E-state index is 14.2. The molecule has 354 valence electrons. The van der Waals surface area contributed by atoms with E-state index in [1.807, 2.05) is 0 Å². The molecule has 2 heterocycles. The number of aliphatic carboxylic acids is 1. The van der Waals surface area contributed by atoms with Crippen LogP contribution in [0.5, 0.6) is 6.01 Å². The summed E-state index contributed by atoms with van der Waals surface area (Å²) in [6.07, 6.45) is -6.91. The molecule has 21 nitrogen and oxygen atoms in total. The number of hydrogen-bond acceptors (Lipinski definition) is 14. The van der Waals surface area contributed by atoms with Crippen molar-refractivity contribution in [3.63, 3.8) is 0 Å². The first-order chi connectivity index (χ1) is 29.6. The van der Waals surface area contributed by atoms with Gasteiger partial charge in [0.05, 0.1) is 31.4 Å². The number of amides is 2. The largest absolute Gasteiger partial charge is 0.480 e. The normalized spacial score (nSPS) is 12.0. The number of benzene rings is 2. The van der Waals surface area contributed by atoms with Crippen LogP contribution < -0.4 is 25.8 Å². The Morgan fingerprint density at radius 1 is 1.05 bits per heavy atom. The van der Waals surface area contributed by atoms with Crippen LogP contribution in [0.4, 0.5) is 37.1 Å². The molecule has 1 atom stereocenters. The lowest BCUT2D eigenvalue weighted by Gasteiger charge is -2.13. The number of aryl methyl sites for hydroxylation is 3. The number of carboxylic acid groups (broad SMARTS) is 1. The zero-order valence-electron chi connectivity index (χ0n) is 33.4. The van der Waals surface area contributed by atoms with Crippen LogP contribution in [0, 0.1) is 19.7 Å². The first-order valence-corrected chi connectivity index (χ1v) is 21.7. The summed E-state index contributed by atoms with van der Waals surface area (Å²) in [5.74, 6) is -3.12. The Morgan fingerprint density at radius 3 is 2.23 bits per heavy atom. The van der Waals surface area contributed by atoms with Crippen molar-refractivity contribution in [2.24, 2.45) is 0 Å². The number of esters is 1. The number of urea groups is 1. The maximum atomic E-state index is 14.2. The van der Waals surface area contributed by atoms with Gasteiger partial charge in [-0.1, -0.05) is 29.8 Å². The third kappa shape index (κ3) is 18.0. The Balaban J connectivity index is 0.000000365. The van der Waals surface area contributed by atoms with E-state index in [0.29, 0.717) is 4.68 Å². The molecule has 1 unspecified atom stereocenters. The van der Waals surface area contributed by atoms with E-state index < -0.39 is 95.8 Å². The Bertz CT molecular complexity index is 2500. The number of carboxylic acids is 1. The number of halogens is 8. The van der Waals surface area contributed by atoms with Gasteiger partial charge in [-0.3, -0.25) is 24.8 Å². The zero-order valence-corrected chi connectivity index (χ0v) is 36.7. The number of anilines is 1. The van der Waals surface area contributed by atoms with E-state index in [-0.39, 0.29) is 63.0 Å². The average molecular weight is 1000 g/mol. The average Bonchev–Trinajstić information content (AvgIpc) is 3.47. The van der Waals surface area contributed by atoms with Gasteiger partial charge in [0.1, 0.15) is 22.7 Å². The first kappa shape index (κ1) is 54.8. The van der Waals surface area contributed by atoms with E-state index >= 15 is 0 Å². The topological polar surface area (TPSA) is 296 Å². The van der Waals surface area contributed by atoms with Gasteiger partial charge < -0.3 is 24.4 Å². The van der Waals surface area contributed by atoms with Crippen molar-refractivity contribution in [2.45, 2.75) is 63.0 Å². The second kappa shape index (κ2) is 24.1. The van der Waals surface area contributed by atoms with E-state index in [9.17, 15) is 58.5 Å². The number of aromatic nitrogens is 6. The van der Waals surface area contributed by atoms with Crippen LogP contribution in [-0.2, 0) is 41.8 Å². The summed E-state index contributed by atoms with van der Waals surface area (Å²) in [5, 5.41) is 14.7. The minimum Gasteiger partial charge on any atom is -0.480 e. The van der Waals surface area contributed by atoms with E-state index in [0.717, 1.165) is 18.2 Å². The lowest BCUT2D eigenvalue weighted by molar-refractivity contribution is -0.142. The van der Waals surface area contributed by atoms with Crippen LogP contribution in [0.2, 0.25) is 5.02 Å². The van der Waals surface area contributed by atoms with Crippen molar-refractivity contribution in [2.75, 3.05) is 31.9 Å². The van der Waals surface area contributed by atoms with Crippen LogP contribution in [0.25, 0.3) is 5.69 Å². The lowest BCUT2D eigenvalue weighted by Crippen LogP contribution is -2.35. The highest BCUT2D eigenvalue weighted by Crippen LogP contribution is 2.32. The fourth-order valence-corrected chi connectivity index (χ4v) is 6.77. The number of hydrogen-bond donors (Lipinski definition) is 6. The molecule has 0 saturated heterocycles. The molecule has 0 bridgehead atoms. The van der Waals surface area contributed by atoms with Gasteiger partial charge in [-0.05, 0) is 56.5 Å². The van der Waals surface area contributed by atoms with Crippen LogP contribution in [0.15, 0.2) is 46.1 Å². The lowest BCUT2D eigenvalue weighted by atomic mass is 10.1. The van der Waals surface area contributed by atoms with Gasteiger partial charge in [0, 0.05) is 17.9 Å². The number of nitrogens with zero attached hydrogens (tertiary/aromatic N) is 6. The highest BCUT2D eigenvalue weighted by atomic mass is 35.5. The van der Waals surface area contributed by atoms with Gasteiger partial charge in [0.2, 0.25) is 5.95 Å². The molecule has 2 amide bonds. The molecule has 2 aromatic carbocycles. The minimum absolute atomic E-state index is 0.0424. The van der Waals surface area contributed by atoms with Crippen molar-refractivity contribution in [1.82, 2.24) is 39.3 Å². The van der Waals surface area contributed by atoms with Crippen molar-refractivity contribution in [1.29, 1.82) is 0 Å². The number of carbonyl (C=O) groups is 3. The van der Waals surface area contributed by atoms with Gasteiger partial charge in [-0.25, -0.2) is 31.7 Å². The molecule has 31 heteroatoms. The Hall–Kier alpha value is -5.38. The molecule has 0 spiro atoms. The summed E-state index contributed by atoms with van der Waals surface area (Å²) >= 11 is 11.9. The fraction of sp³-hybridized carbons (Fsp3) is 0.394. The fourth-order valence-electron chi connectivity index (χ4n) is 4.73. The Kier molecular flexibility index (Phi) is 20.6. The first-order valence-electron chi connectivity index (χ1n) is 17.6. The quantitative estimate of drug-likeness (QED) is 0.0396. The van der Waals surface area contributed by atoms with E-state index in [1.165, 1.54) is 39.2 Å². The minimum atomic E-state index is -4.45. The van der Waals surface area contributed by atoms with Crippen molar-refractivity contribution in [3.8, 4) is 11.7 Å². The van der Waals surface area contributed by atoms with Gasteiger partial charge in [0.15, 0.2) is 5.82 Å². The number of ether oxygens (including phenoxy) is 2. The van der Waals surface area contributed by atoms with Crippen LogP contribution in [0.1, 0.15) is 42.7 Å². The predicted octanol–water partition coefficient (Wildman–Crippen LogP) is 4.23. The highest BCUT2D eigenvalue weighted by molar-refractivity contribution is 7.90. The number of alkyl halides is 6. The number of methoxy groups -OCH3 is 1. The molecule has 0 fully saturated rings.